The molecule has 0 fully saturated rings. The van der Waals surface area contributed by atoms with Gasteiger partial charge in [0.15, 0.2) is 5.78 Å². The summed E-state index contributed by atoms with van der Waals surface area (Å²) in [4.78, 5) is 28.8. The van der Waals surface area contributed by atoms with Gasteiger partial charge in [-0.1, -0.05) is 43.6 Å². The number of nitrogens with two attached hydrogens (primary N) is 1. The van der Waals surface area contributed by atoms with Crippen LogP contribution in [0.1, 0.15) is 43.4 Å². The topological polar surface area (TPSA) is 99.2 Å². The van der Waals surface area contributed by atoms with E-state index in [4.69, 9.17) is 17.3 Å². The molecule has 2 heterocycles. The molecule has 1 aliphatic carbocycles. The van der Waals surface area contributed by atoms with Gasteiger partial charge in [-0.05, 0) is 42.5 Å². The SMILES string of the molecule is Cc1c(Cl)ccc2c1NC(=O)[C@]21C(C#N)=C(N)N(c2ccccc2C(F)(F)F)C2=C1C(=O)CC(C)(C)C2. The molecule has 0 bridgehead atoms. The van der Waals surface area contributed by atoms with E-state index in [1.807, 2.05) is 19.9 Å². The van der Waals surface area contributed by atoms with Crippen LogP contribution in [0.3, 0.4) is 0 Å². The van der Waals surface area contributed by atoms with E-state index in [9.17, 15) is 28.0 Å². The van der Waals surface area contributed by atoms with E-state index in [0.717, 1.165) is 11.0 Å². The minimum Gasteiger partial charge on any atom is -0.384 e. The van der Waals surface area contributed by atoms with E-state index in [0.29, 0.717) is 21.8 Å². The number of alkyl halides is 3. The molecule has 2 aromatic carbocycles. The zero-order valence-electron chi connectivity index (χ0n) is 20.2. The lowest BCUT2D eigenvalue weighted by Gasteiger charge is -2.47. The van der Waals surface area contributed by atoms with E-state index in [2.05, 4.69) is 5.32 Å². The summed E-state index contributed by atoms with van der Waals surface area (Å²) in [6, 6.07) is 9.93. The zero-order chi connectivity index (χ0) is 27.1. The minimum absolute atomic E-state index is 0.0347. The summed E-state index contributed by atoms with van der Waals surface area (Å²) in [5, 5.41) is 13.5. The highest BCUT2D eigenvalue weighted by Gasteiger charge is 2.61. The van der Waals surface area contributed by atoms with Gasteiger partial charge >= 0.3 is 6.18 Å². The van der Waals surface area contributed by atoms with Gasteiger partial charge in [0, 0.05) is 28.3 Å². The lowest BCUT2D eigenvalue weighted by atomic mass is 9.60. The Morgan fingerprint density at radius 1 is 1.14 bits per heavy atom. The number of anilines is 2. The number of para-hydroxylation sites is 1. The molecule has 2 aliphatic heterocycles. The van der Waals surface area contributed by atoms with Gasteiger partial charge in [-0.25, -0.2) is 0 Å². The number of hydrogen-bond acceptors (Lipinski definition) is 5. The number of nitriles is 1. The number of carbonyl (C=O) groups is 2. The van der Waals surface area contributed by atoms with Gasteiger partial charge in [-0.3, -0.25) is 14.5 Å². The molecular weight excluding hydrogens is 505 g/mol. The fourth-order valence-corrected chi connectivity index (χ4v) is 5.95. The molecule has 0 unspecified atom stereocenters. The molecule has 0 saturated heterocycles. The van der Waals surface area contributed by atoms with Crippen LogP contribution in [0.15, 0.2) is 59.1 Å². The molecule has 10 heteroatoms. The number of nitrogens with one attached hydrogen (secondary N) is 1. The number of rotatable bonds is 1. The molecule has 0 radical (unpaired) electrons. The van der Waals surface area contributed by atoms with Gasteiger partial charge in [0.25, 0.3) is 0 Å². The first-order valence-corrected chi connectivity index (χ1v) is 11.9. The Labute approximate surface area is 216 Å². The smallest absolute Gasteiger partial charge is 0.384 e. The van der Waals surface area contributed by atoms with Crippen LogP contribution in [0.5, 0.6) is 0 Å². The van der Waals surface area contributed by atoms with Crippen LogP contribution in [0, 0.1) is 23.7 Å². The zero-order valence-corrected chi connectivity index (χ0v) is 20.9. The summed E-state index contributed by atoms with van der Waals surface area (Å²) in [6.45, 7) is 5.33. The van der Waals surface area contributed by atoms with Crippen molar-refractivity contribution in [3.63, 3.8) is 0 Å². The summed E-state index contributed by atoms with van der Waals surface area (Å²) in [7, 11) is 0. The van der Waals surface area contributed by atoms with Crippen LogP contribution < -0.4 is 16.0 Å². The number of ketones is 1. The predicted octanol–water partition coefficient (Wildman–Crippen LogP) is 5.71. The number of carbonyl (C=O) groups excluding carboxylic acids is 2. The molecule has 5 rings (SSSR count). The third-order valence-corrected chi connectivity index (χ3v) is 7.72. The number of amides is 1. The number of fused-ring (bicyclic) bond motifs is 3. The van der Waals surface area contributed by atoms with Crippen LogP contribution in [0.2, 0.25) is 5.02 Å². The van der Waals surface area contributed by atoms with E-state index < -0.39 is 34.3 Å². The molecule has 3 aliphatic rings. The Balaban J connectivity index is 1.93. The summed E-state index contributed by atoms with van der Waals surface area (Å²) in [5.74, 6) is -1.44. The molecular formula is C27H22ClF3N4O2. The third kappa shape index (κ3) is 3.32. The number of allylic oxidation sites excluding steroid dienone is 1. The van der Waals surface area contributed by atoms with Gasteiger partial charge in [0.2, 0.25) is 5.91 Å². The van der Waals surface area contributed by atoms with Crippen molar-refractivity contribution < 1.29 is 22.8 Å². The highest BCUT2D eigenvalue weighted by molar-refractivity contribution is 6.32. The second-order valence-corrected chi connectivity index (χ2v) is 10.7. The van der Waals surface area contributed by atoms with E-state index in [1.165, 1.54) is 18.2 Å². The molecule has 0 aromatic heterocycles. The van der Waals surface area contributed by atoms with E-state index >= 15 is 0 Å². The van der Waals surface area contributed by atoms with Gasteiger partial charge in [-0.2, -0.15) is 18.4 Å². The molecule has 37 heavy (non-hydrogen) atoms. The molecule has 3 N–H and O–H groups in total. The maximum atomic E-state index is 14.1. The number of Topliss-reactive ketones (excluding diaryl/α,β-unsaturated/α-hetero) is 1. The number of halogens is 4. The molecule has 1 atom stereocenters. The maximum Gasteiger partial charge on any atom is 0.418 e. The lowest BCUT2D eigenvalue weighted by Crippen LogP contribution is -2.52. The molecule has 0 saturated carbocycles. The molecule has 1 spiro atoms. The van der Waals surface area contributed by atoms with Gasteiger partial charge in [0.1, 0.15) is 17.3 Å². The van der Waals surface area contributed by atoms with Crippen molar-refractivity contribution in [2.75, 3.05) is 10.2 Å². The number of nitrogens with zero attached hydrogens (tertiary/aromatic N) is 2. The highest BCUT2D eigenvalue weighted by Crippen LogP contribution is 2.58. The number of hydrogen-bond donors (Lipinski definition) is 2. The fourth-order valence-electron chi connectivity index (χ4n) is 5.79. The van der Waals surface area contributed by atoms with Crippen LogP contribution >= 0.6 is 11.6 Å². The quantitative estimate of drug-likeness (QED) is 0.495. The molecule has 2 aromatic rings. The Morgan fingerprint density at radius 2 is 1.81 bits per heavy atom. The van der Waals surface area contributed by atoms with Crippen molar-refractivity contribution in [3.05, 3.63) is 80.8 Å². The number of benzene rings is 2. The van der Waals surface area contributed by atoms with Crippen molar-refractivity contribution in [1.82, 2.24) is 0 Å². The molecule has 6 nitrogen and oxygen atoms in total. The van der Waals surface area contributed by atoms with Crippen molar-refractivity contribution in [2.45, 2.75) is 45.2 Å². The highest BCUT2D eigenvalue weighted by atomic mass is 35.5. The Kier molecular flexibility index (Phi) is 5.29. The average Bonchev–Trinajstić information content (AvgIpc) is 3.08. The van der Waals surface area contributed by atoms with E-state index in [1.54, 1.807) is 19.1 Å². The predicted molar refractivity (Wildman–Crippen MR) is 132 cm³/mol. The Bertz CT molecular complexity index is 1520. The summed E-state index contributed by atoms with van der Waals surface area (Å²) >= 11 is 6.29. The van der Waals surface area contributed by atoms with Crippen LogP contribution in [0.4, 0.5) is 24.5 Å². The van der Waals surface area contributed by atoms with Crippen molar-refractivity contribution in [2.24, 2.45) is 11.1 Å². The third-order valence-electron chi connectivity index (χ3n) is 7.31. The van der Waals surface area contributed by atoms with Gasteiger partial charge in [0.05, 0.1) is 22.5 Å². The monoisotopic (exact) mass is 526 g/mol. The average molecular weight is 527 g/mol. The van der Waals surface area contributed by atoms with Crippen LogP contribution in [-0.2, 0) is 21.2 Å². The standard InChI is InChI=1S/C27H22ClF3N4O2/c1-13-17(28)9-8-15-22(13)34-24(37)26(15)16(12-32)23(33)35(18-7-5-4-6-14(18)27(29,30)31)19-10-25(2,3)11-20(36)21(19)26/h4-9H,10-11,33H2,1-3H3,(H,34,37)/t26-/m0/s1. The minimum atomic E-state index is -4.74. The van der Waals surface area contributed by atoms with Crippen molar-refractivity contribution >= 4 is 34.7 Å². The second-order valence-electron chi connectivity index (χ2n) is 10.3. The summed E-state index contributed by atoms with van der Waals surface area (Å²) < 4.78 is 42.3. The first-order chi connectivity index (χ1) is 17.3. The largest absolute Gasteiger partial charge is 0.418 e. The fraction of sp³-hybridized carbons (Fsp3) is 0.296. The first kappa shape index (κ1) is 24.9. The van der Waals surface area contributed by atoms with Crippen molar-refractivity contribution in [3.8, 4) is 6.07 Å². The Morgan fingerprint density at radius 3 is 2.46 bits per heavy atom. The Hall–Kier alpha value is -3.77. The lowest BCUT2D eigenvalue weighted by molar-refractivity contribution is -0.137. The summed E-state index contributed by atoms with van der Waals surface area (Å²) in [6.07, 6.45) is -4.55. The van der Waals surface area contributed by atoms with E-state index in [-0.39, 0.29) is 41.2 Å². The summed E-state index contributed by atoms with van der Waals surface area (Å²) in [5.41, 5.74) is 3.72. The van der Waals surface area contributed by atoms with Gasteiger partial charge < -0.3 is 11.1 Å². The van der Waals surface area contributed by atoms with Crippen LogP contribution in [0.25, 0.3) is 0 Å². The van der Waals surface area contributed by atoms with Crippen LogP contribution in [-0.4, -0.2) is 11.7 Å². The first-order valence-electron chi connectivity index (χ1n) is 11.5. The van der Waals surface area contributed by atoms with Gasteiger partial charge in [-0.15, -0.1) is 0 Å². The van der Waals surface area contributed by atoms with Crippen molar-refractivity contribution in [1.29, 1.82) is 5.26 Å². The maximum absolute atomic E-state index is 14.1. The molecule has 1 amide bonds. The second kappa shape index (κ2) is 7.86. The normalized spacial score (nSPS) is 22.7. The molecule has 190 valence electrons.